The summed E-state index contributed by atoms with van der Waals surface area (Å²) in [6, 6.07) is 4.06. The second-order valence-electron chi connectivity index (χ2n) is 4.22. The molecule has 16 heavy (non-hydrogen) atoms. The molecule has 0 bridgehead atoms. The Hall–Kier alpha value is -1.29. The van der Waals surface area contributed by atoms with Crippen LogP contribution in [-0.4, -0.2) is 30.9 Å². The number of nitrogens with zero attached hydrogens (tertiary/aromatic N) is 1. The molecule has 0 aliphatic carbocycles. The quantitative estimate of drug-likeness (QED) is 0.842. The van der Waals surface area contributed by atoms with Crippen LogP contribution in [0, 0.1) is 6.92 Å². The molecule has 1 N–H and O–H groups in total. The molecular formula is C12H18N2O2. The van der Waals surface area contributed by atoms with Gasteiger partial charge in [0.1, 0.15) is 11.5 Å². The Labute approximate surface area is 95.6 Å². The number of furan rings is 1. The molecule has 1 amide bonds. The standard InChI is InChI=1S/C12H18N2O2/c1-9-5-6-11(16-9)10-4-3-7-14(10)12(15)8-13-2/h5-6,10,13H,3-4,7-8H2,1-2H3. The summed E-state index contributed by atoms with van der Waals surface area (Å²) in [5.74, 6) is 1.97. The predicted octanol–water partition coefficient (Wildman–Crippen LogP) is 1.47. The topological polar surface area (TPSA) is 45.5 Å². The highest BCUT2D eigenvalue weighted by molar-refractivity contribution is 5.78. The monoisotopic (exact) mass is 222 g/mol. The second kappa shape index (κ2) is 4.70. The molecule has 0 aromatic carbocycles. The van der Waals surface area contributed by atoms with E-state index >= 15 is 0 Å². The summed E-state index contributed by atoms with van der Waals surface area (Å²) in [6.07, 6.45) is 2.06. The predicted molar refractivity (Wildman–Crippen MR) is 61.1 cm³/mol. The molecule has 1 unspecified atom stereocenters. The van der Waals surface area contributed by atoms with Gasteiger partial charge in [-0.05, 0) is 38.9 Å². The third-order valence-electron chi connectivity index (χ3n) is 2.99. The average Bonchev–Trinajstić information content (AvgIpc) is 2.85. The van der Waals surface area contributed by atoms with Crippen LogP contribution in [0.15, 0.2) is 16.5 Å². The van der Waals surface area contributed by atoms with Gasteiger partial charge in [0, 0.05) is 6.54 Å². The molecule has 2 heterocycles. The average molecular weight is 222 g/mol. The van der Waals surface area contributed by atoms with E-state index in [9.17, 15) is 4.79 Å². The number of hydrogen-bond acceptors (Lipinski definition) is 3. The number of likely N-dealkylation sites (N-methyl/N-ethyl adjacent to an activating group) is 1. The third-order valence-corrected chi connectivity index (χ3v) is 2.99. The first-order valence-electron chi connectivity index (χ1n) is 5.73. The van der Waals surface area contributed by atoms with E-state index in [1.165, 1.54) is 0 Å². The van der Waals surface area contributed by atoms with Crippen molar-refractivity contribution in [3.8, 4) is 0 Å². The molecular weight excluding hydrogens is 204 g/mol. The molecule has 1 aromatic heterocycles. The van der Waals surface area contributed by atoms with E-state index in [-0.39, 0.29) is 11.9 Å². The van der Waals surface area contributed by atoms with Crippen LogP contribution >= 0.6 is 0 Å². The van der Waals surface area contributed by atoms with Gasteiger partial charge >= 0.3 is 0 Å². The van der Waals surface area contributed by atoms with Crippen molar-refractivity contribution < 1.29 is 9.21 Å². The first-order valence-corrected chi connectivity index (χ1v) is 5.73. The van der Waals surface area contributed by atoms with Crippen molar-refractivity contribution in [2.24, 2.45) is 0 Å². The van der Waals surface area contributed by atoms with Crippen molar-refractivity contribution >= 4 is 5.91 Å². The fourth-order valence-electron chi connectivity index (χ4n) is 2.25. The summed E-state index contributed by atoms with van der Waals surface area (Å²) >= 11 is 0. The van der Waals surface area contributed by atoms with Crippen LogP contribution in [0.5, 0.6) is 0 Å². The second-order valence-corrected chi connectivity index (χ2v) is 4.22. The zero-order valence-electron chi connectivity index (χ0n) is 9.82. The van der Waals surface area contributed by atoms with E-state index in [4.69, 9.17) is 4.42 Å². The van der Waals surface area contributed by atoms with Crippen LogP contribution in [0.3, 0.4) is 0 Å². The maximum Gasteiger partial charge on any atom is 0.237 e. The number of amides is 1. The molecule has 88 valence electrons. The van der Waals surface area contributed by atoms with Gasteiger partial charge in [0.05, 0.1) is 12.6 Å². The summed E-state index contributed by atoms with van der Waals surface area (Å²) in [5, 5.41) is 2.90. The van der Waals surface area contributed by atoms with E-state index in [1.807, 2.05) is 24.0 Å². The van der Waals surface area contributed by atoms with Crippen molar-refractivity contribution in [3.63, 3.8) is 0 Å². The molecule has 0 radical (unpaired) electrons. The van der Waals surface area contributed by atoms with Crippen LogP contribution in [0.1, 0.15) is 30.4 Å². The van der Waals surface area contributed by atoms with Crippen LogP contribution in [0.4, 0.5) is 0 Å². The Balaban J connectivity index is 2.11. The van der Waals surface area contributed by atoms with Crippen molar-refractivity contribution in [2.45, 2.75) is 25.8 Å². The Morgan fingerprint density at radius 3 is 3.06 bits per heavy atom. The smallest absolute Gasteiger partial charge is 0.237 e. The maximum atomic E-state index is 11.9. The van der Waals surface area contributed by atoms with Gasteiger partial charge < -0.3 is 14.6 Å². The highest BCUT2D eigenvalue weighted by atomic mass is 16.3. The van der Waals surface area contributed by atoms with Gasteiger partial charge in [-0.3, -0.25) is 4.79 Å². The molecule has 4 nitrogen and oxygen atoms in total. The summed E-state index contributed by atoms with van der Waals surface area (Å²) < 4.78 is 5.61. The minimum Gasteiger partial charge on any atom is -0.464 e. The Morgan fingerprint density at radius 2 is 2.44 bits per heavy atom. The van der Waals surface area contributed by atoms with Gasteiger partial charge in [0.25, 0.3) is 0 Å². The van der Waals surface area contributed by atoms with Gasteiger partial charge in [-0.1, -0.05) is 0 Å². The molecule has 1 aliphatic heterocycles. The van der Waals surface area contributed by atoms with Gasteiger partial charge in [0.2, 0.25) is 5.91 Å². The molecule has 4 heteroatoms. The van der Waals surface area contributed by atoms with Crippen molar-refractivity contribution in [1.82, 2.24) is 10.2 Å². The lowest BCUT2D eigenvalue weighted by molar-refractivity contribution is -0.131. The van der Waals surface area contributed by atoms with E-state index < -0.39 is 0 Å². The molecule has 1 aliphatic rings. The van der Waals surface area contributed by atoms with Crippen molar-refractivity contribution in [2.75, 3.05) is 20.1 Å². The Bertz CT molecular complexity index is 373. The summed E-state index contributed by atoms with van der Waals surface area (Å²) in [6.45, 7) is 3.17. The van der Waals surface area contributed by atoms with Crippen LogP contribution in [0.25, 0.3) is 0 Å². The SMILES string of the molecule is CNCC(=O)N1CCCC1c1ccc(C)o1. The van der Waals surface area contributed by atoms with Gasteiger partial charge in [0.15, 0.2) is 0 Å². The lowest BCUT2D eigenvalue weighted by atomic mass is 10.1. The van der Waals surface area contributed by atoms with Crippen molar-refractivity contribution in [3.05, 3.63) is 23.7 Å². The number of carbonyl (C=O) groups excluding carboxylic acids is 1. The van der Waals surface area contributed by atoms with Gasteiger partial charge in [-0.25, -0.2) is 0 Å². The molecule has 1 saturated heterocycles. The molecule has 2 rings (SSSR count). The minimum atomic E-state index is 0.134. The maximum absolute atomic E-state index is 11.9. The molecule has 0 saturated carbocycles. The number of nitrogens with one attached hydrogen (secondary N) is 1. The zero-order chi connectivity index (χ0) is 11.5. The fourth-order valence-corrected chi connectivity index (χ4v) is 2.25. The highest BCUT2D eigenvalue weighted by Crippen LogP contribution is 2.32. The van der Waals surface area contributed by atoms with E-state index in [0.29, 0.717) is 6.54 Å². The highest BCUT2D eigenvalue weighted by Gasteiger charge is 2.31. The summed E-state index contributed by atoms with van der Waals surface area (Å²) in [5.41, 5.74) is 0. The van der Waals surface area contributed by atoms with Gasteiger partial charge in [-0.2, -0.15) is 0 Å². The van der Waals surface area contributed by atoms with Crippen molar-refractivity contribution in [1.29, 1.82) is 0 Å². The minimum absolute atomic E-state index is 0.134. The van der Waals surface area contributed by atoms with Crippen LogP contribution in [-0.2, 0) is 4.79 Å². The number of hydrogen-bond donors (Lipinski definition) is 1. The lowest BCUT2D eigenvalue weighted by Crippen LogP contribution is -2.36. The number of rotatable bonds is 3. The van der Waals surface area contributed by atoms with Gasteiger partial charge in [-0.15, -0.1) is 0 Å². The molecule has 1 aromatic rings. The lowest BCUT2D eigenvalue weighted by Gasteiger charge is -2.23. The third kappa shape index (κ3) is 2.11. The number of carbonyl (C=O) groups is 1. The van der Waals surface area contributed by atoms with E-state index in [1.54, 1.807) is 7.05 Å². The number of likely N-dealkylation sites (tertiary alicyclic amines) is 1. The summed E-state index contributed by atoms with van der Waals surface area (Å²) in [7, 11) is 1.79. The Kier molecular flexibility index (Phi) is 3.29. The molecule has 0 spiro atoms. The normalized spacial score (nSPS) is 20.4. The molecule has 1 atom stereocenters. The zero-order valence-corrected chi connectivity index (χ0v) is 9.82. The van der Waals surface area contributed by atoms with Crippen LogP contribution < -0.4 is 5.32 Å². The van der Waals surface area contributed by atoms with E-state index in [2.05, 4.69) is 5.32 Å². The summed E-state index contributed by atoms with van der Waals surface area (Å²) in [4.78, 5) is 13.8. The van der Waals surface area contributed by atoms with Crippen LogP contribution in [0.2, 0.25) is 0 Å². The largest absolute Gasteiger partial charge is 0.464 e. The Morgan fingerprint density at radius 1 is 1.62 bits per heavy atom. The fraction of sp³-hybridized carbons (Fsp3) is 0.583. The number of aryl methyl sites for hydroxylation is 1. The first-order chi connectivity index (χ1) is 7.72. The first kappa shape index (κ1) is 11.2. The van der Waals surface area contributed by atoms with E-state index in [0.717, 1.165) is 30.9 Å². The molecule has 1 fully saturated rings.